The van der Waals surface area contributed by atoms with Gasteiger partial charge in [-0.3, -0.25) is 0 Å². The standard InChI is InChI=1S/C12H17N3OS/c1-10-3-4-11(17-10)9-15-7-5-13-12(15)14-6-8-16-2/h3-5,7H,6,8-9H2,1-2H3,(H,13,14). The fourth-order valence-electron chi connectivity index (χ4n) is 1.61. The molecule has 17 heavy (non-hydrogen) atoms. The number of anilines is 1. The number of rotatable bonds is 6. The number of nitrogens with zero attached hydrogens (tertiary/aromatic N) is 2. The van der Waals surface area contributed by atoms with Gasteiger partial charge in [0.2, 0.25) is 5.95 Å². The summed E-state index contributed by atoms with van der Waals surface area (Å²) in [5, 5.41) is 3.25. The Labute approximate surface area is 105 Å². The van der Waals surface area contributed by atoms with Gasteiger partial charge in [0.15, 0.2) is 0 Å². The lowest BCUT2D eigenvalue weighted by Gasteiger charge is -2.08. The molecule has 0 saturated heterocycles. The fraction of sp³-hybridized carbons (Fsp3) is 0.417. The minimum Gasteiger partial charge on any atom is -0.383 e. The second kappa shape index (κ2) is 5.84. The largest absolute Gasteiger partial charge is 0.383 e. The molecule has 0 amide bonds. The molecule has 0 fully saturated rings. The number of hydrogen-bond donors (Lipinski definition) is 1. The molecule has 0 aromatic carbocycles. The van der Waals surface area contributed by atoms with E-state index in [1.165, 1.54) is 9.75 Å². The van der Waals surface area contributed by atoms with Crippen molar-refractivity contribution in [2.75, 3.05) is 25.6 Å². The summed E-state index contributed by atoms with van der Waals surface area (Å²) in [6.07, 6.45) is 3.81. The van der Waals surface area contributed by atoms with E-state index in [1.54, 1.807) is 7.11 Å². The van der Waals surface area contributed by atoms with E-state index in [-0.39, 0.29) is 0 Å². The van der Waals surface area contributed by atoms with Crippen molar-refractivity contribution in [1.82, 2.24) is 9.55 Å². The van der Waals surface area contributed by atoms with Crippen LogP contribution in [-0.2, 0) is 11.3 Å². The first-order chi connectivity index (χ1) is 8.29. The molecule has 0 aliphatic heterocycles. The van der Waals surface area contributed by atoms with Gasteiger partial charge in [-0.2, -0.15) is 0 Å². The van der Waals surface area contributed by atoms with Crippen molar-refractivity contribution in [1.29, 1.82) is 0 Å². The van der Waals surface area contributed by atoms with Crippen LogP contribution < -0.4 is 5.32 Å². The molecule has 2 heterocycles. The Morgan fingerprint density at radius 3 is 3.06 bits per heavy atom. The zero-order chi connectivity index (χ0) is 12.1. The van der Waals surface area contributed by atoms with Crippen molar-refractivity contribution in [3.63, 3.8) is 0 Å². The van der Waals surface area contributed by atoms with Crippen LogP contribution >= 0.6 is 11.3 Å². The Morgan fingerprint density at radius 2 is 2.35 bits per heavy atom. The summed E-state index contributed by atoms with van der Waals surface area (Å²) in [7, 11) is 1.70. The molecule has 0 spiro atoms. The van der Waals surface area contributed by atoms with Gasteiger partial charge in [-0.25, -0.2) is 4.98 Å². The zero-order valence-electron chi connectivity index (χ0n) is 10.1. The minimum absolute atomic E-state index is 0.685. The molecule has 2 aromatic rings. The Bertz CT molecular complexity index is 464. The van der Waals surface area contributed by atoms with E-state index in [2.05, 4.69) is 33.9 Å². The lowest BCUT2D eigenvalue weighted by Crippen LogP contribution is -2.12. The van der Waals surface area contributed by atoms with Gasteiger partial charge < -0.3 is 14.6 Å². The van der Waals surface area contributed by atoms with Crippen molar-refractivity contribution in [3.8, 4) is 0 Å². The summed E-state index contributed by atoms with van der Waals surface area (Å²) < 4.78 is 7.12. The normalized spacial score (nSPS) is 10.7. The van der Waals surface area contributed by atoms with Crippen molar-refractivity contribution in [2.45, 2.75) is 13.5 Å². The number of methoxy groups -OCH3 is 1. The van der Waals surface area contributed by atoms with Crippen LogP contribution in [0.2, 0.25) is 0 Å². The molecule has 0 atom stereocenters. The lowest BCUT2D eigenvalue weighted by molar-refractivity contribution is 0.210. The Kier molecular flexibility index (Phi) is 4.17. The summed E-state index contributed by atoms with van der Waals surface area (Å²) in [5.74, 6) is 0.896. The van der Waals surface area contributed by atoms with E-state index in [0.717, 1.165) is 19.0 Å². The molecule has 0 saturated carbocycles. The number of aryl methyl sites for hydroxylation is 1. The predicted octanol–water partition coefficient (Wildman–Crippen LogP) is 2.36. The van der Waals surface area contributed by atoms with Gasteiger partial charge in [-0.05, 0) is 19.1 Å². The molecule has 92 valence electrons. The van der Waals surface area contributed by atoms with E-state index in [9.17, 15) is 0 Å². The smallest absolute Gasteiger partial charge is 0.203 e. The average Bonchev–Trinajstić information content (AvgIpc) is 2.90. The first-order valence-electron chi connectivity index (χ1n) is 5.59. The fourth-order valence-corrected chi connectivity index (χ4v) is 2.50. The molecule has 5 heteroatoms. The molecular weight excluding hydrogens is 234 g/mol. The maximum Gasteiger partial charge on any atom is 0.203 e. The van der Waals surface area contributed by atoms with Gasteiger partial charge in [0.25, 0.3) is 0 Å². The highest BCUT2D eigenvalue weighted by molar-refractivity contribution is 7.11. The molecular formula is C12H17N3OS. The van der Waals surface area contributed by atoms with Crippen LogP contribution in [0.15, 0.2) is 24.5 Å². The summed E-state index contributed by atoms with van der Waals surface area (Å²) in [4.78, 5) is 6.98. The predicted molar refractivity (Wildman–Crippen MR) is 70.8 cm³/mol. The van der Waals surface area contributed by atoms with E-state index in [1.807, 2.05) is 23.7 Å². The van der Waals surface area contributed by atoms with Crippen LogP contribution in [-0.4, -0.2) is 29.8 Å². The van der Waals surface area contributed by atoms with Gasteiger partial charge in [0, 0.05) is 35.8 Å². The van der Waals surface area contributed by atoms with Crippen molar-refractivity contribution in [2.24, 2.45) is 0 Å². The zero-order valence-corrected chi connectivity index (χ0v) is 11.0. The number of ether oxygens (including phenoxy) is 1. The van der Waals surface area contributed by atoms with Crippen LogP contribution in [0.3, 0.4) is 0 Å². The molecule has 0 aliphatic carbocycles. The maximum atomic E-state index is 5.00. The molecule has 0 radical (unpaired) electrons. The van der Waals surface area contributed by atoms with Crippen LogP contribution in [0.5, 0.6) is 0 Å². The number of thiophene rings is 1. The van der Waals surface area contributed by atoms with Crippen LogP contribution in [0.4, 0.5) is 5.95 Å². The Morgan fingerprint density at radius 1 is 1.47 bits per heavy atom. The molecule has 4 nitrogen and oxygen atoms in total. The highest BCUT2D eigenvalue weighted by atomic mass is 32.1. The van der Waals surface area contributed by atoms with E-state index in [4.69, 9.17) is 4.74 Å². The third kappa shape index (κ3) is 3.31. The number of nitrogens with one attached hydrogen (secondary N) is 1. The second-order valence-corrected chi connectivity index (χ2v) is 5.18. The third-order valence-corrected chi connectivity index (χ3v) is 3.41. The van der Waals surface area contributed by atoms with Gasteiger partial charge >= 0.3 is 0 Å². The van der Waals surface area contributed by atoms with Gasteiger partial charge in [0.05, 0.1) is 13.2 Å². The monoisotopic (exact) mass is 251 g/mol. The van der Waals surface area contributed by atoms with Crippen molar-refractivity contribution in [3.05, 3.63) is 34.3 Å². The highest BCUT2D eigenvalue weighted by Crippen LogP contribution is 2.17. The summed E-state index contributed by atoms with van der Waals surface area (Å²) >= 11 is 1.82. The highest BCUT2D eigenvalue weighted by Gasteiger charge is 2.04. The minimum atomic E-state index is 0.685. The maximum absolute atomic E-state index is 5.00. The van der Waals surface area contributed by atoms with E-state index < -0.39 is 0 Å². The van der Waals surface area contributed by atoms with Gasteiger partial charge in [-0.15, -0.1) is 11.3 Å². The van der Waals surface area contributed by atoms with Gasteiger partial charge in [-0.1, -0.05) is 0 Å². The Balaban J connectivity index is 1.98. The number of aromatic nitrogens is 2. The lowest BCUT2D eigenvalue weighted by atomic mass is 10.4. The molecule has 1 N–H and O–H groups in total. The molecule has 0 aliphatic rings. The van der Waals surface area contributed by atoms with Crippen molar-refractivity contribution >= 4 is 17.3 Å². The topological polar surface area (TPSA) is 39.1 Å². The summed E-state index contributed by atoms with van der Waals surface area (Å²) in [5.41, 5.74) is 0. The van der Waals surface area contributed by atoms with Crippen LogP contribution in [0.25, 0.3) is 0 Å². The molecule has 0 unspecified atom stereocenters. The average molecular weight is 251 g/mol. The van der Waals surface area contributed by atoms with Crippen LogP contribution in [0, 0.1) is 6.92 Å². The number of imidazole rings is 1. The number of hydrogen-bond acceptors (Lipinski definition) is 4. The first-order valence-corrected chi connectivity index (χ1v) is 6.40. The molecule has 2 rings (SSSR count). The van der Waals surface area contributed by atoms with Crippen molar-refractivity contribution < 1.29 is 4.74 Å². The van der Waals surface area contributed by atoms with Crippen LogP contribution in [0.1, 0.15) is 9.75 Å². The molecule has 0 bridgehead atoms. The molecule has 2 aromatic heterocycles. The first kappa shape index (κ1) is 12.1. The van der Waals surface area contributed by atoms with E-state index in [0.29, 0.717) is 6.61 Å². The third-order valence-electron chi connectivity index (χ3n) is 2.43. The SMILES string of the molecule is COCCNc1nccn1Cc1ccc(C)s1. The summed E-state index contributed by atoms with van der Waals surface area (Å²) in [6, 6.07) is 4.31. The summed E-state index contributed by atoms with van der Waals surface area (Å²) in [6.45, 7) is 4.45. The Hall–Kier alpha value is -1.33. The van der Waals surface area contributed by atoms with E-state index >= 15 is 0 Å². The van der Waals surface area contributed by atoms with Gasteiger partial charge in [0.1, 0.15) is 0 Å². The quantitative estimate of drug-likeness (QED) is 0.801. The second-order valence-electron chi connectivity index (χ2n) is 3.81.